The molecular formula is C22H20ClN5O2S. The lowest BCUT2D eigenvalue weighted by atomic mass is 10.1. The average molecular weight is 454 g/mol. The molecule has 0 aliphatic carbocycles. The lowest BCUT2D eigenvalue weighted by Gasteiger charge is -2.36. The summed E-state index contributed by atoms with van der Waals surface area (Å²) in [5, 5.41) is 4.73. The molecule has 1 fully saturated rings. The first-order chi connectivity index (χ1) is 15.0. The number of rotatable bonds is 3. The summed E-state index contributed by atoms with van der Waals surface area (Å²) in [6.07, 6.45) is 0.0879. The minimum atomic E-state index is -0.642. The van der Waals surface area contributed by atoms with E-state index in [2.05, 4.69) is 15.2 Å². The Balaban J connectivity index is 1.26. The Hall–Kier alpha value is -2.97. The Morgan fingerprint density at radius 2 is 1.81 bits per heavy atom. The molecule has 5 rings (SSSR count). The second kappa shape index (κ2) is 7.94. The molecule has 0 unspecified atom stereocenters. The molecule has 0 bridgehead atoms. The highest BCUT2D eigenvalue weighted by molar-refractivity contribution is 7.71. The number of halogens is 1. The van der Waals surface area contributed by atoms with Gasteiger partial charge in [0.2, 0.25) is 10.7 Å². The van der Waals surface area contributed by atoms with Crippen molar-refractivity contribution in [1.29, 1.82) is 0 Å². The van der Waals surface area contributed by atoms with Crippen molar-refractivity contribution in [3.05, 3.63) is 58.3 Å². The Morgan fingerprint density at radius 3 is 2.55 bits per heavy atom. The number of para-hydroxylation sites is 1. The van der Waals surface area contributed by atoms with Gasteiger partial charge in [0.25, 0.3) is 5.91 Å². The fourth-order valence-corrected chi connectivity index (χ4v) is 4.58. The number of amides is 1. The highest BCUT2D eigenvalue weighted by Crippen LogP contribution is 2.29. The van der Waals surface area contributed by atoms with Crippen LogP contribution in [0.2, 0.25) is 5.02 Å². The van der Waals surface area contributed by atoms with Gasteiger partial charge in [-0.3, -0.25) is 9.59 Å². The number of nitrogens with zero attached hydrogens (tertiary/aromatic N) is 4. The summed E-state index contributed by atoms with van der Waals surface area (Å²) in [6.45, 7) is 2.69. The zero-order chi connectivity index (χ0) is 21.5. The number of aromatic nitrogens is 2. The second-order valence-corrected chi connectivity index (χ2v) is 8.48. The summed E-state index contributed by atoms with van der Waals surface area (Å²) in [5.41, 5.74) is 1.82. The largest absolute Gasteiger partial charge is 0.368 e. The molecule has 3 heterocycles. The standard InChI is InChI=1S/C22H20ClN5O2S/c23-14-5-7-15(8-6-14)26-9-11-27(12-10-26)19(29)13-18-21(30)28-20(24-18)16-3-1-2-4-17(16)25-22(28)31/h1-8,18,24H,9-13H2/t18-/m1/s1. The molecule has 2 aliphatic heterocycles. The van der Waals surface area contributed by atoms with Gasteiger partial charge >= 0.3 is 0 Å². The third-order valence-electron chi connectivity index (χ3n) is 5.82. The third-order valence-corrected chi connectivity index (χ3v) is 6.35. The van der Waals surface area contributed by atoms with Gasteiger partial charge in [-0.25, -0.2) is 9.55 Å². The van der Waals surface area contributed by atoms with Crippen LogP contribution in [0, 0.1) is 4.77 Å². The van der Waals surface area contributed by atoms with Crippen molar-refractivity contribution in [2.45, 2.75) is 12.5 Å². The number of carbonyl (C=O) groups excluding carboxylic acids is 2. The maximum absolute atomic E-state index is 12.9. The number of carbonyl (C=O) groups is 2. The van der Waals surface area contributed by atoms with Crippen LogP contribution in [0.1, 0.15) is 11.2 Å². The van der Waals surface area contributed by atoms with Gasteiger partial charge < -0.3 is 15.1 Å². The molecule has 9 heteroatoms. The van der Waals surface area contributed by atoms with Crippen LogP contribution in [0.3, 0.4) is 0 Å². The van der Waals surface area contributed by atoms with Gasteiger partial charge in [-0.05, 0) is 48.6 Å². The Labute approximate surface area is 189 Å². The molecule has 31 heavy (non-hydrogen) atoms. The van der Waals surface area contributed by atoms with Crippen LogP contribution >= 0.6 is 23.8 Å². The summed E-state index contributed by atoms with van der Waals surface area (Å²) in [5.74, 6) is 0.343. The van der Waals surface area contributed by atoms with E-state index in [1.807, 2.05) is 53.4 Å². The van der Waals surface area contributed by atoms with Crippen molar-refractivity contribution in [1.82, 2.24) is 14.5 Å². The highest BCUT2D eigenvalue weighted by Gasteiger charge is 2.35. The third kappa shape index (κ3) is 3.66. The summed E-state index contributed by atoms with van der Waals surface area (Å²) in [4.78, 5) is 34.3. The Morgan fingerprint density at radius 1 is 1.10 bits per heavy atom. The fourth-order valence-electron chi connectivity index (χ4n) is 4.18. The van der Waals surface area contributed by atoms with Crippen LogP contribution in [0.15, 0.2) is 48.5 Å². The number of nitrogens with one attached hydrogen (secondary N) is 1. The van der Waals surface area contributed by atoms with Crippen molar-refractivity contribution in [2.75, 3.05) is 36.4 Å². The lowest BCUT2D eigenvalue weighted by Crippen LogP contribution is -2.50. The van der Waals surface area contributed by atoms with Crippen LogP contribution in [-0.2, 0) is 4.79 Å². The van der Waals surface area contributed by atoms with E-state index in [0.717, 1.165) is 29.7 Å². The maximum atomic E-state index is 12.9. The van der Waals surface area contributed by atoms with E-state index in [9.17, 15) is 9.59 Å². The molecule has 2 aromatic carbocycles. The number of benzene rings is 2. The Kier molecular flexibility index (Phi) is 5.11. The molecule has 158 valence electrons. The van der Waals surface area contributed by atoms with Crippen molar-refractivity contribution in [2.24, 2.45) is 0 Å². The second-order valence-electron chi connectivity index (χ2n) is 7.68. The van der Waals surface area contributed by atoms with Crippen LogP contribution in [0.25, 0.3) is 10.9 Å². The van der Waals surface area contributed by atoms with E-state index in [-0.39, 0.29) is 23.0 Å². The molecule has 2 aliphatic rings. The number of hydrogen-bond donors (Lipinski definition) is 1. The fraction of sp³-hybridized carbons (Fsp3) is 0.273. The summed E-state index contributed by atoms with van der Waals surface area (Å²) in [6, 6.07) is 14.6. The molecule has 1 atom stereocenters. The molecule has 0 spiro atoms. The average Bonchev–Trinajstić information content (AvgIpc) is 3.11. The number of anilines is 2. The van der Waals surface area contributed by atoms with Crippen molar-refractivity contribution in [3.63, 3.8) is 0 Å². The van der Waals surface area contributed by atoms with Crippen LogP contribution in [0.4, 0.5) is 11.5 Å². The molecule has 7 nitrogen and oxygen atoms in total. The maximum Gasteiger partial charge on any atom is 0.257 e. The SMILES string of the molecule is O=C(C[C@H]1Nc2c3ccccc3nc(=S)n2C1=O)N1CCN(c2ccc(Cl)cc2)CC1. The van der Waals surface area contributed by atoms with Crippen LogP contribution < -0.4 is 10.2 Å². The van der Waals surface area contributed by atoms with E-state index in [1.165, 1.54) is 4.57 Å². The number of fused-ring (bicyclic) bond motifs is 3. The smallest absolute Gasteiger partial charge is 0.257 e. The first-order valence-corrected chi connectivity index (χ1v) is 10.9. The van der Waals surface area contributed by atoms with Gasteiger partial charge in [-0.15, -0.1) is 0 Å². The van der Waals surface area contributed by atoms with E-state index in [4.69, 9.17) is 23.8 Å². The minimum Gasteiger partial charge on any atom is -0.368 e. The molecule has 1 aromatic heterocycles. The van der Waals surface area contributed by atoms with Gasteiger partial charge in [-0.2, -0.15) is 0 Å². The predicted molar refractivity (Wildman–Crippen MR) is 123 cm³/mol. The van der Waals surface area contributed by atoms with Gasteiger partial charge in [0, 0.05) is 42.3 Å². The first-order valence-electron chi connectivity index (χ1n) is 10.1. The van der Waals surface area contributed by atoms with E-state index in [1.54, 1.807) is 0 Å². The summed E-state index contributed by atoms with van der Waals surface area (Å²) < 4.78 is 1.62. The number of piperazine rings is 1. The zero-order valence-electron chi connectivity index (χ0n) is 16.6. The van der Waals surface area contributed by atoms with Gasteiger partial charge in [0.05, 0.1) is 11.9 Å². The summed E-state index contributed by atoms with van der Waals surface area (Å²) in [7, 11) is 0. The van der Waals surface area contributed by atoms with Crippen molar-refractivity contribution >= 4 is 58.0 Å². The van der Waals surface area contributed by atoms with Crippen molar-refractivity contribution < 1.29 is 9.59 Å². The van der Waals surface area contributed by atoms with Crippen LogP contribution in [0.5, 0.6) is 0 Å². The van der Waals surface area contributed by atoms with Gasteiger partial charge in [0.1, 0.15) is 11.9 Å². The topological polar surface area (TPSA) is 70.5 Å². The summed E-state index contributed by atoms with van der Waals surface area (Å²) >= 11 is 11.3. The first kappa shape index (κ1) is 20.0. The molecule has 3 aromatic rings. The molecule has 0 saturated carbocycles. The van der Waals surface area contributed by atoms with Gasteiger partial charge in [0.15, 0.2) is 0 Å². The van der Waals surface area contributed by atoms with Crippen molar-refractivity contribution in [3.8, 4) is 0 Å². The molecule has 1 N–H and O–H groups in total. The normalized spacial score (nSPS) is 18.2. The zero-order valence-corrected chi connectivity index (χ0v) is 18.2. The predicted octanol–water partition coefficient (Wildman–Crippen LogP) is 3.59. The van der Waals surface area contributed by atoms with E-state index < -0.39 is 6.04 Å². The Bertz CT molecular complexity index is 1230. The van der Waals surface area contributed by atoms with Crippen LogP contribution in [-0.4, -0.2) is 58.5 Å². The van der Waals surface area contributed by atoms with E-state index in [0.29, 0.717) is 23.9 Å². The monoisotopic (exact) mass is 453 g/mol. The highest BCUT2D eigenvalue weighted by atomic mass is 35.5. The quantitative estimate of drug-likeness (QED) is 0.611. The number of hydrogen-bond acceptors (Lipinski definition) is 6. The van der Waals surface area contributed by atoms with E-state index >= 15 is 0 Å². The molecule has 1 saturated heterocycles. The molecule has 0 radical (unpaired) electrons. The minimum absolute atomic E-state index is 0.0433. The molecular weight excluding hydrogens is 434 g/mol. The lowest BCUT2D eigenvalue weighted by molar-refractivity contribution is -0.131. The molecule has 1 amide bonds. The van der Waals surface area contributed by atoms with Gasteiger partial charge in [-0.1, -0.05) is 23.7 Å².